The zero-order valence-electron chi connectivity index (χ0n) is 16.5. The van der Waals surface area contributed by atoms with Crippen molar-refractivity contribution in [2.45, 2.75) is 11.8 Å². The minimum absolute atomic E-state index is 0.0368. The van der Waals surface area contributed by atoms with Crippen LogP contribution in [0.5, 0.6) is 5.75 Å². The summed E-state index contributed by atoms with van der Waals surface area (Å²) in [4.78, 5) is 0.268. The third-order valence-electron chi connectivity index (χ3n) is 4.78. The predicted octanol–water partition coefficient (Wildman–Crippen LogP) is 5.22. The Kier molecular flexibility index (Phi) is 5.40. The first-order valence-corrected chi connectivity index (χ1v) is 11.4. The number of methoxy groups -OCH3 is 1. The molecule has 0 atom stereocenters. The number of nitrogens with zero attached hydrogens (tertiary/aromatic N) is 2. The number of benzene rings is 3. The molecule has 0 saturated carbocycles. The minimum atomic E-state index is -3.33. The van der Waals surface area contributed by atoms with Crippen LogP contribution in [0.25, 0.3) is 16.6 Å². The Morgan fingerprint density at radius 2 is 1.87 bits per heavy atom. The summed E-state index contributed by atoms with van der Waals surface area (Å²) in [5.41, 5.74) is 2.25. The fourth-order valence-corrected chi connectivity index (χ4v) is 4.30. The zero-order chi connectivity index (χ0) is 21.3. The Bertz CT molecular complexity index is 1330. The zero-order valence-corrected chi connectivity index (χ0v) is 18.0. The molecule has 0 unspecified atom stereocenters. The smallest absolute Gasteiger partial charge is 0.178 e. The third kappa shape index (κ3) is 3.86. The van der Waals surface area contributed by atoms with Gasteiger partial charge in [-0.2, -0.15) is 0 Å². The molecule has 8 heteroatoms. The summed E-state index contributed by atoms with van der Waals surface area (Å²) < 4.78 is 31.8. The summed E-state index contributed by atoms with van der Waals surface area (Å²) in [6.07, 6.45) is 0. The van der Waals surface area contributed by atoms with Crippen LogP contribution in [0.15, 0.2) is 71.6 Å². The SMILES string of the molecule is CCS(=O)(=O)c1cccc(-n2nc(Nc3cccc(Cl)c3)c3cc(OC)ccc32)c1. The van der Waals surface area contributed by atoms with Gasteiger partial charge in [0.2, 0.25) is 0 Å². The molecule has 0 aliphatic heterocycles. The second kappa shape index (κ2) is 8.01. The molecule has 0 saturated heterocycles. The molecule has 4 aromatic rings. The van der Waals surface area contributed by atoms with Gasteiger partial charge in [-0.1, -0.05) is 30.7 Å². The van der Waals surface area contributed by atoms with E-state index in [-0.39, 0.29) is 10.6 Å². The number of fused-ring (bicyclic) bond motifs is 1. The first kappa shape index (κ1) is 20.3. The molecule has 0 spiro atoms. The van der Waals surface area contributed by atoms with Crippen molar-refractivity contribution in [2.75, 3.05) is 18.2 Å². The third-order valence-corrected chi connectivity index (χ3v) is 6.74. The Balaban J connectivity index is 1.88. The summed E-state index contributed by atoms with van der Waals surface area (Å²) in [5.74, 6) is 1.34. The minimum Gasteiger partial charge on any atom is -0.497 e. The monoisotopic (exact) mass is 441 g/mol. The highest BCUT2D eigenvalue weighted by atomic mass is 35.5. The Morgan fingerprint density at radius 1 is 1.07 bits per heavy atom. The number of hydrogen-bond donors (Lipinski definition) is 1. The normalized spacial score (nSPS) is 11.6. The Labute approximate surface area is 180 Å². The van der Waals surface area contributed by atoms with Crippen LogP contribution < -0.4 is 10.1 Å². The molecular weight excluding hydrogens is 422 g/mol. The lowest BCUT2D eigenvalue weighted by Crippen LogP contribution is -2.05. The van der Waals surface area contributed by atoms with Crippen LogP contribution in [-0.4, -0.2) is 31.1 Å². The molecule has 1 aromatic heterocycles. The fraction of sp³-hybridized carbons (Fsp3) is 0.136. The second-order valence-corrected chi connectivity index (χ2v) is 9.39. The maximum absolute atomic E-state index is 12.3. The molecule has 0 radical (unpaired) electrons. The fourth-order valence-electron chi connectivity index (χ4n) is 3.19. The lowest BCUT2D eigenvalue weighted by Gasteiger charge is -2.07. The van der Waals surface area contributed by atoms with Crippen LogP contribution in [0.3, 0.4) is 0 Å². The summed E-state index contributed by atoms with van der Waals surface area (Å²) in [5, 5.41) is 9.46. The molecule has 1 N–H and O–H groups in total. The van der Waals surface area contributed by atoms with E-state index in [0.29, 0.717) is 22.3 Å². The van der Waals surface area contributed by atoms with E-state index >= 15 is 0 Å². The molecule has 30 heavy (non-hydrogen) atoms. The predicted molar refractivity (Wildman–Crippen MR) is 120 cm³/mol. The first-order valence-electron chi connectivity index (χ1n) is 9.34. The molecule has 0 bridgehead atoms. The van der Waals surface area contributed by atoms with Crippen molar-refractivity contribution < 1.29 is 13.2 Å². The average molecular weight is 442 g/mol. The van der Waals surface area contributed by atoms with Gasteiger partial charge in [-0.25, -0.2) is 13.1 Å². The van der Waals surface area contributed by atoms with E-state index in [1.807, 2.05) is 36.4 Å². The first-order chi connectivity index (χ1) is 14.4. The lowest BCUT2D eigenvalue weighted by molar-refractivity contribution is 0.415. The highest BCUT2D eigenvalue weighted by Gasteiger charge is 2.16. The molecule has 4 rings (SSSR count). The van der Waals surface area contributed by atoms with Crippen molar-refractivity contribution in [2.24, 2.45) is 0 Å². The maximum Gasteiger partial charge on any atom is 0.178 e. The van der Waals surface area contributed by atoms with E-state index in [2.05, 4.69) is 5.32 Å². The number of rotatable bonds is 6. The van der Waals surface area contributed by atoms with E-state index in [1.165, 1.54) is 0 Å². The van der Waals surface area contributed by atoms with Gasteiger partial charge < -0.3 is 10.1 Å². The van der Waals surface area contributed by atoms with Gasteiger partial charge in [0.1, 0.15) is 5.75 Å². The van der Waals surface area contributed by atoms with Crippen molar-refractivity contribution in [3.8, 4) is 11.4 Å². The van der Waals surface area contributed by atoms with Gasteiger partial charge in [-0.3, -0.25) is 0 Å². The van der Waals surface area contributed by atoms with Crippen LogP contribution in [0.4, 0.5) is 11.5 Å². The number of anilines is 2. The molecule has 1 heterocycles. The average Bonchev–Trinajstić information content (AvgIpc) is 3.11. The molecule has 6 nitrogen and oxygen atoms in total. The second-order valence-electron chi connectivity index (χ2n) is 6.68. The number of nitrogens with one attached hydrogen (secondary N) is 1. The van der Waals surface area contributed by atoms with Gasteiger partial charge in [-0.15, -0.1) is 5.10 Å². The molecule has 0 fully saturated rings. The molecule has 3 aromatic carbocycles. The van der Waals surface area contributed by atoms with Crippen LogP contribution in [0.2, 0.25) is 5.02 Å². The maximum atomic E-state index is 12.3. The molecule has 0 aliphatic rings. The van der Waals surface area contributed by atoms with Gasteiger partial charge in [-0.05, 0) is 54.6 Å². The van der Waals surface area contributed by atoms with Crippen molar-refractivity contribution in [1.29, 1.82) is 0 Å². The van der Waals surface area contributed by atoms with Crippen molar-refractivity contribution in [1.82, 2.24) is 9.78 Å². The summed E-state index contributed by atoms with van der Waals surface area (Å²) in [6.45, 7) is 1.63. The lowest BCUT2D eigenvalue weighted by atomic mass is 10.2. The van der Waals surface area contributed by atoms with Gasteiger partial charge >= 0.3 is 0 Å². The number of halogens is 1. The van der Waals surface area contributed by atoms with Crippen LogP contribution in [-0.2, 0) is 9.84 Å². The van der Waals surface area contributed by atoms with Crippen LogP contribution in [0, 0.1) is 0 Å². The van der Waals surface area contributed by atoms with Crippen LogP contribution >= 0.6 is 11.6 Å². The number of aromatic nitrogens is 2. The number of sulfone groups is 1. The van der Waals surface area contributed by atoms with E-state index in [0.717, 1.165) is 16.6 Å². The summed E-state index contributed by atoms with van der Waals surface area (Å²) in [7, 11) is -1.72. The van der Waals surface area contributed by atoms with Gasteiger partial charge in [0.05, 0.1) is 29.0 Å². The van der Waals surface area contributed by atoms with Gasteiger partial charge in [0.25, 0.3) is 0 Å². The Hall–Kier alpha value is -3.03. The van der Waals surface area contributed by atoms with E-state index in [4.69, 9.17) is 21.4 Å². The van der Waals surface area contributed by atoms with E-state index < -0.39 is 9.84 Å². The summed E-state index contributed by atoms with van der Waals surface area (Å²) in [6, 6.07) is 19.8. The van der Waals surface area contributed by atoms with Crippen molar-refractivity contribution in [3.63, 3.8) is 0 Å². The largest absolute Gasteiger partial charge is 0.497 e. The topological polar surface area (TPSA) is 73.2 Å². The molecule has 154 valence electrons. The number of hydrogen-bond acceptors (Lipinski definition) is 5. The Morgan fingerprint density at radius 3 is 2.60 bits per heavy atom. The molecule has 0 aliphatic carbocycles. The number of ether oxygens (including phenoxy) is 1. The van der Waals surface area contributed by atoms with Crippen LogP contribution in [0.1, 0.15) is 6.92 Å². The summed E-state index contributed by atoms with van der Waals surface area (Å²) >= 11 is 6.11. The molecular formula is C22H20ClN3O3S. The highest BCUT2D eigenvalue weighted by molar-refractivity contribution is 7.91. The van der Waals surface area contributed by atoms with Crippen molar-refractivity contribution >= 4 is 43.8 Å². The van der Waals surface area contributed by atoms with E-state index in [9.17, 15) is 8.42 Å². The standard InChI is InChI=1S/C22H20ClN3O3S/c1-3-30(27,28)19-9-5-8-17(13-19)26-21-11-10-18(29-2)14-20(21)22(25-26)24-16-7-4-6-15(23)12-16/h4-14H,3H2,1-2H3,(H,24,25). The van der Waals surface area contributed by atoms with Crippen molar-refractivity contribution in [3.05, 3.63) is 71.8 Å². The highest BCUT2D eigenvalue weighted by Crippen LogP contribution is 2.32. The quantitative estimate of drug-likeness (QED) is 0.443. The van der Waals surface area contributed by atoms with E-state index in [1.54, 1.807) is 49.0 Å². The molecule has 0 amide bonds. The van der Waals surface area contributed by atoms with Gasteiger partial charge in [0.15, 0.2) is 15.7 Å². The van der Waals surface area contributed by atoms with Gasteiger partial charge in [0, 0.05) is 16.1 Å².